The van der Waals surface area contributed by atoms with Crippen molar-refractivity contribution in [2.75, 3.05) is 5.32 Å². The molecule has 3 rings (SSSR count). The van der Waals surface area contributed by atoms with E-state index in [9.17, 15) is 4.79 Å². The topological polar surface area (TPSA) is 29.1 Å². The van der Waals surface area contributed by atoms with E-state index in [1.54, 1.807) is 0 Å². The van der Waals surface area contributed by atoms with Crippen LogP contribution in [0.5, 0.6) is 0 Å². The predicted molar refractivity (Wildman–Crippen MR) is 103 cm³/mol. The van der Waals surface area contributed by atoms with Gasteiger partial charge in [0.05, 0.1) is 6.42 Å². The number of rotatable bonds is 4. The Bertz CT molecular complexity index is 841. The fourth-order valence-corrected chi connectivity index (χ4v) is 2.81. The van der Waals surface area contributed by atoms with Crippen LogP contribution in [0.15, 0.2) is 77.3 Å². The number of hydrogen-bond donors (Lipinski definition) is 1. The molecule has 0 atom stereocenters. The van der Waals surface area contributed by atoms with Crippen molar-refractivity contribution in [3.05, 3.63) is 88.4 Å². The zero-order chi connectivity index (χ0) is 16.9. The van der Waals surface area contributed by atoms with Gasteiger partial charge in [-0.3, -0.25) is 4.79 Å². The van der Waals surface area contributed by atoms with Gasteiger partial charge < -0.3 is 5.32 Å². The monoisotopic (exact) mass is 379 g/mol. The molecule has 0 radical (unpaired) electrons. The Morgan fingerprint density at radius 3 is 2.25 bits per heavy atom. The average Bonchev–Trinajstić information content (AvgIpc) is 2.59. The van der Waals surface area contributed by atoms with E-state index in [4.69, 9.17) is 0 Å². The molecule has 3 aromatic carbocycles. The molecule has 0 aliphatic heterocycles. The molecular weight excluding hydrogens is 362 g/mol. The minimum Gasteiger partial charge on any atom is -0.326 e. The molecule has 1 amide bonds. The lowest BCUT2D eigenvalue weighted by Crippen LogP contribution is -2.14. The van der Waals surface area contributed by atoms with Crippen molar-refractivity contribution >= 4 is 27.5 Å². The maximum atomic E-state index is 12.2. The van der Waals surface area contributed by atoms with Crippen LogP contribution in [-0.2, 0) is 11.2 Å². The maximum Gasteiger partial charge on any atom is 0.228 e. The minimum absolute atomic E-state index is 0.0100. The molecule has 0 aliphatic carbocycles. The van der Waals surface area contributed by atoms with Crippen LogP contribution >= 0.6 is 15.9 Å². The van der Waals surface area contributed by atoms with Crippen LogP contribution in [0.1, 0.15) is 11.1 Å². The van der Waals surface area contributed by atoms with E-state index in [1.807, 2.05) is 55.5 Å². The molecule has 0 unspecified atom stereocenters. The summed E-state index contributed by atoms with van der Waals surface area (Å²) < 4.78 is 1.04. The average molecular weight is 380 g/mol. The highest BCUT2D eigenvalue weighted by atomic mass is 79.9. The molecule has 3 heteroatoms. The van der Waals surface area contributed by atoms with Gasteiger partial charge in [-0.2, -0.15) is 0 Å². The summed E-state index contributed by atoms with van der Waals surface area (Å²) in [5, 5.41) is 2.94. The minimum atomic E-state index is -0.0100. The Labute approximate surface area is 150 Å². The summed E-state index contributed by atoms with van der Waals surface area (Å²) in [5.74, 6) is -0.0100. The third-order valence-electron chi connectivity index (χ3n) is 3.87. The van der Waals surface area contributed by atoms with Gasteiger partial charge in [0.2, 0.25) is 5.91 Å². The first kappa shape index (κ1) is 16.5. The first-order valence-electron chi connectivity index (χ1n) is 7.82. The summed E-state index contributed by atoms with van der Waals surface area (Å²) in [6.07, 6.45) is 0.365. The number of aryl methyl sites for hydroxylation is 1. The van der Waals surface area contributed by atoms with Crippen LogP contribution in [0, 0.1) is 6.92 Å². The molecule has 0 spiro atoms. The summed E-state index contributed by atoms with van der Waals surface area (Å²) in [4.78, 5) is 12.2. The standard InChI is InChI=1S/C21H18BrNO/c1-15-13-19(11-12-20(15)22)23-21(24)14-16-7-9-18(10-8-16)17-5-3-2-4-6-17/h2-13H,14H2,1H3,(H,23,24). The Balaban J connectivity index is 1.65. The van der Waals surface area contributed by atoms with E-state index < -0.39 is 0 Å². The van der Waals surface area contributed by atoms with Crippen LogP contribution in [0.3, 0.4) is 0 Å². The number of carbonyl (C=O) groups excluding carboxylic acids is 1. The lowest BCUT2D eigenvalue weighted by molar-refractivity contribution is -0.115. The Morgan fingerprint density at radius 1 is 0.917 bits per heavy atom. The van der Waals surface area contributed by atoms with Crippen molar-refractivity contribution in [3.63, 3.8) is 0 Å². The van der Waals surface area contributed by atoms with Crippen molar-refractivity contribution in [1.82, 2.24) is 0 Å². The van der Waals surface area contributed by atoms with Gasteiger partial charge in [-0.05, 0) is 47.4 Å². The van der Waals surface area contributed by atoms with Crippen molar-refractivity contribution in [2.45, 2.75) is 13.3 Å². The Kier molecular flexibility index (Phi) is 5.11. The van der Waals surface area contributed by atoms with Crippen LogP contribution in [0.4, 0.5) is 5.69 Å². The third-order valence-corrected chi connectivity index (χ3v) is 4.76. The van der Waals surface area contributed by atoms with E-state index in [0.29, 0.717) is 6.42 Å². The largest absolute Gasteiger partial charge is 0.326 e. The van der Waals surface area contributed by atoms with E-state index in [1.165, 1.54) is 5.56 Å². The molecule has 120 valence electrons. The van der Waals surface area contributed by atoms with E-state index >= 15 is 0 Å². The molecule has 0 heterocycles. The number of amides is 1. The van der Waals surface area contributed by atoms with Crippen LogP contribution in [0.2, 0.25) is 0 Å². The maximum absolute atomic E-state index is 12.2. The normalized spacial score (nSPS) is 10.4. The molecule has 3 aromatic rings. The van der Waals surface area contributed by atoms with Gasteiger partial charge in [-0.1, -0.05) is 70.5 Å². The second-order valence-corrected chi connectivity index (χ2v) is 6.61. The molecule has 24 heavy (non-hydrogen) atoms. The first-order chi connectivity index (χ1) is 11.6. The zero-order valence-electron chi connectivity index (χ0n) is 13.4. The summed E-state index contributed by atoms with van der Waals surface area (Å²) in [6, 6.07) is 24.1. The molecule has 0 aliphatic rings. The number of carbonyl (C=O) groups is 1. The summed E-state index contributed by atoms with van der Waals surface area (Å²) >= 11 is 3.46. The number of halogens is 1. The zero-order valence-corrected chi connectivity index (χ0v) is 15.0. The first-order valence-corrected chi connectivity index (χ1v) is 8.61. The summed E-state index contributed by atoms with van der Waals surface area (Å²) in [7, 11) is 0. The second kappa shape index (κ2) is 7.45. The summed E-state index contributed by atoms with van der Waals surface area (Å²) in [5.41, 5.74) is 5.25. The Morgan fingerprint density at radius 2 is 1.58 bits per heavy atom. The highest BCUT2D eigenvalue weighted by Gasteiger charge is 2.06. The SMILES string of the molecule is Cc1cc(NC(=O)Cc2ccc(-c3ccccc3)cc2)ccc1Br. The number of hydrogen-bond acceptors (Lipinski definition) is 1. The number of anilines is 1. The molecule has 0 saturated heterocycles. The lowest BCUT2D eigenvalue weighted by Gasteiger charge is -2.08. The van der Waals surface area contributed by atoms with Crippen molar-refractivity contribution in [3.8, 4) is 11.1 Å². The highest BCUT2D eigenvalue weighted by Crippen LogP contribution is 2.21. The van der Waals surface area contributed by atoms with Crippen LogP contribution in [0.25, 0.3) is 11.1 Å². The van der Waals surface area contributed by atoms with Crippen LogP contribution < -0.4 is 5.32 Å². The fraction of sp³-hybridized carbons (Fsp3) is 0.0952. The van der Waals surface area contributed by atoms with E-state index in [2.05, 4.69) is 45.5 Å². The molecule has 0 bridgehead atoms. The fourth-order valence-electron chi connectivity index (χ4n) is 2.56. The molecular formula is C21H18BrNO. The lowest BCUT2D eigenvalue weighted by atomic mass is 10.0. The quantitative estimate of drug-likeness (QED) is 0.627. The number of benzene rings is 3. The van der Waals surface area contributed by atoms with E-state index in [0.717, 1.165) is 26.9 Å². The van der Waals surface area contributed by atoms with Gasteiger partial charge >= 0.3 is 0 Å². The number of nitrogens with one attached hydrogen (secondary N) is 1. The van der Waals surface area contributed by atoms with Crippen molar-refractivity contribution in [2.24, 2.45) is 0 Å². The molecule has 0 saturated carbocycles. The Hall–Kier alpha value is -2.39. The van der Waals surface area contributed by atoms with Gasteiger partial charge in [0.15, 0.2) is 0 Å². The molecule has 0 aromatic heterocycles. The molecule has 1 N–H and O–H groups in total. The van der Waals surface area contributed by atoms with Crippen molar-refractivity contribution < 1.29 is 4.79 Å². The smallest absolute Gasteiger partial charge is 0.228 e. The highest BCUT2D eigenvalue weighted by molar-refractivity contribution is 9.10. The van der Waals surface area contributed by atoms with Crippen LogP contribution in [-0.4, -0.2) is 5.91 Å². The van der Waals surface area contributed by atoms with Gasteiger partial charge in [-0.25, -0.2) is 0 Å². The summed E-state index contributed by atoms with van der Waals surface area (Å²) in [6.45, 7) is 2.00. The third kappa shape index (κ3) is 4.12. The van der Waals surface area contributed by atoms with Gasteiger partial charge in [0.1, 0.15) is 0 Å². The molecule has 2 nitrogen and oxygen atoms in total. The second-order valence-electron chi connectivity index (χ2n) is 5.75. The van der Waals surface area contributed by atoms with Gasteiger partial charge in [0.25, 0.3) is 0 Å². The molecule has 0 fully saturated rings. The predicted octanol–water partition coefficient (Wildman–Crippen LogP) is 5.61. The van der Waals surface area contributed by atoms with Gasteiger partial charge in [0, 0.05) is 10.2 Å². The van der Waals surface area contributed by atoms with E-state index in [-0.39, 0.29) is 5.91 Å². The van der Waals surface area contributed by atoms with Gasteiger partial charge in [-0.15, -0.1) is 0 Å². The van der Waals surface area contributed by atoms with Crippen molar-refractivity contribution in [1.29, 1.82) is 0 Å².